The number of unbranched alkanes of at least 4 members (excludes halogenated alkanes) is 6. The number of rotatable bonds is 11. The van der Waals surface area contributed by atoms with Gasteiger partial charge in [0.2, 0.25) is 0 Å². The van der Waals surface area contributed by atoms with Crippen molar-refractivity contribution in [2.24, 2.45) is 0 Å². The van der Waals surface area contributed by atoms with Gasteiger partial charge < -0.3 is 4.52 Å². The molecule has 0 amide bonds. The van der Waals surface area contributed by atoms with Gasteiger partial charge in [-0.2, -0.15) is 0 Å². The molecular formula is C12H26ClO2P. The molecule has 0 aromatic heterocycles. The third-order valence-corrected chi connectivity index (χ3v) is 4.78. The first-order valence-corrected chi connectivity index (χ1v) is 9.27. The molecule has 0 aliphatic heterocycles. The maximum atomic E-state index is 11.8. The van der Waals surface area contributed by atoms with E-state index in [-0.39, 0.29) is 0 Å². The zero-order valence-corrected chi connectivity index (χ0v) is 12.4. The fraction of sp³-hybridized carbons (Fsp3) is 1.00. The Morgan fingerprint density at radius 1 is 0.938 bits per heavy atom. The lowest BCUT2D eigenvalue weighted by Crippen LogP contribution is -1.94. The molecule has 0 saturated heterocycles. The zero-order chi connectivity index (χ0) is 12.3. The second-order valence-electron chi connectivity index (χ2n) is 4.27. The molecule has 0 aliphatic rings. The fourth-order valence-corrected chi connectivity index (χ4v) is 3.22. The van der Waals surface area contributed by atoms with Crippen LogP contribution >= 0.6 is 18.0 Å². The highest BCUT2D eigenvalue weighted by molar-refractivity contribution is 7.85. The summed E-state index contributed by atoms with van der Waals surface area (Å²) in [6.45, 7) is 2.07. The van der Waals surface area contributed by atoms with E-state index in [1.165, 1.54) is 25.7 Å². The molecule has 0 rings (SSSR count). The van der Waals surface area contributed by atoms with E-state index in [0.717, 1.165) is 25.7 Å². The molecule has 0 spiro atoms. The predicted octanol–water partition coefficient (Wildman–Crippen LogP) is 5.60. The van der Waals surface area contributed by atoms with Crippen LogP contribution in [0.3, 0.4) is 0 Å². The minimum atomic E-state index is -2.81. The van der Waals surface area contributed by atoms with Crippen molar-refractivity contribution in [3.8, 4) is 0 Å². The van der Waals surface area contributed by atoms with E-state index in [0.29, 0.717) is 12.8 Å². The minimum absolute atomic E-state index is 0.530. The van der Waals surface area contributed by atoms with Crippen LogP contribution in [0.2, 0.25) is 0 Å². The SMILES string of the molecule is CCCCCCOP(=O)(Cl)CCCCCC. The van der Waals surface area contributed by atoms with Crippen LogP contribution < -0.4 is 0 Å². The number of hydrogen-bond donors (Lipinski definition) is 0. The van der Waals surface area contributed by atoms with Gasteiger partial charge in [-0.3, -0.25) is 4.57 Å². The Morgan fingerprint density at radius 3 is 2.06 bits per heavy atom. The van der Waals surface area contributed by atoms with E-state index in [1.807, 2.05) is 0 Å². The molecule has 2 nitrogen and oxygen atoms in total. The van der Waals surface area contributed by atoms with Crippen LogP contribution in [0.1, 0.15) is 65.2 Å². The molecule has 0 heterocycles. The first-order valence-electron chi connectivity index (χ1n) is 6.55. The smallest absolute Gasteiger partial charge is 0.290 e. The minimum Gasteiger partial charge on any atom is -0.318 e. The molecule has 0 fully saturated rings. The lowest BCUT2D eigenvalue weighted by atomic mass is 10.2. The van der Waals surface area contributed by atoms with Gasteiger partial charge in [0, 0.05) is 6.16 Å². The van der Waals surface area contributed by atoms with Crippen molar-refractivity contribution < 1.29 is 9.09 Å². The first kappa shape index (κ1) is 16.5. The van der Waals surface area contributed by atoms with E-state index in [9.17, 15) is 4.57 Å². The van der Waals surface area contributed by atoms with Gasteiger partial charge in [-0.1, -0.05) is 52.4 Å². The number of halogens is 1. The van der Waals surface area contributed by atoms with Crippen molar-refractivity contribution >= 4 is 18.0 Å². The molecule has 16 heavy (non-hydrogen) atoms. The summed E-state index contributed by atoms with van der Waals surface area (Å²) in [6.07, 6.45) is 9.46. The van der Waals surface area contributed by atoms with Crippen molar-refractivity contribution in [1.29, 1.82) is 0 Å². The molecule has 1 unspecified atom stereocenters. The summed E-state index contributed by atoms with van der Waals surface area (Å²) < 4.78 is 17.0. The molecule has 0 aromatic rings. The van der Waals surface area contributed by atoms with Crippen LogP contribution in [0, 0.1) is 0 Å². The Balaban J connectivity index is 3.43. The maximum absolute atomic E-state index is 11.8. The molecule has 0 aromatic carbocycles. The first-order chi connectivity index (χ1) is 7.62. The van der Waals surface area contributed by atoms with Crippen LogP contribution in [0.4, 0.5) is 0 Å². The van der Waals surface area contributed by atoms with Crippen LogP contribution in [0.5, 0.6) is 0 Å². The lowest BCUT2D eigenvalue weighted by molar-refractivity contribution is 0.311. The van der Waals surface area contributed by atoms with E-state index < -0.39 is 6.72 Å². The highest BCUT2D eigenvalue weighted by Crippen LogP contribution is 2.53. The second-order valence-corrected chi connectivity index (χ2v) is 7.70. The molecule has 4 heteroatoms. The molecule has 98 valence electrons. The summed E-state index contributed by atoms with van der Waals surface area (Å²) in [5.41, 5.74) is 0. The topological polar surface area (TPSA) is 26.3 Å². The van der Waals surface area contributed by atoms with Crippen molar-refractivity contribution in [3.63, 3.8) is 0 Å². The third-order valence-electron chi connectivity index (χ3n) is 2.56. The fourth-order valence-electron chi connectivity index (χ4n) is 1.52. The molecule has 1 atom stereocenters. The summed E-state index contributed by atoms with van der Waals surface area (Å²) in [6, 6.07) is 0. The predicted molar refractivity (Wildman–Crippen MR) is 72.6 cm³/mol. The average Bonchev–Trinajstić information content (AvgIpc) is 2.24. The lowest BCUT2D eigenvalue weighted by Gasteiger charge is -2.11. The van der Waals surface area contributed by atoms with Gasteiger partial charge in [-0.15, -0.1) is 0 Å². The monoisotopic (exact) mass is 268 g/mol. The average molecular weight is 269 g/mol. The van der Waals surface area contributed by atoms with E-state index in [2.05, 4.69) is 13.8 Å². The third kappa shape index (κ3) is 11.0. The Kier molecular flexibility index (Phi) is 10.9. The Bertz CT molecular complexity index is 197. The Labute approximate surface area is 105 Å². The van der Waals surface area contributed by atoms with Crippen molar-refractivity contribution in [2.45, 2.75) is 65.2 Å². The highest BCUT2D eigenvalue weighted by atomic mass is 35.7. The molecular weight excluding hydrogens is 243 g/mol. The van der Waals surface area contributed by atoms with Crippen molar-refractivity contribution in [3.05, 3.63) is 0 Å². The standard InChI is InChI=1S/C12H26ClO2P/c1-3-5-7-9-11-15-16(13,14)12-10-8-6-4-2/h3-12H2,1-2H3. The van der Waals surface area contributed by atoms with Crippen LogP contribution in [-0.4, -0.2) is 12.8 Å². The van der Waals surface area contributed by atoms with Crippen LogP contribution in [0.25, 0.3) is 0 Å². The van der Waals surface area contributed by atoms with Gasteiger partial charge in [0.1, 0.15) is 0 Å². The second kappa shape index (κ2) is 10.6. The van der Waals surface area contributed by atoms with Crippen molar-refractivity contribution in [2.75, 3.05) is 12.8 Å². The molecule has 0 saturated carbocycles. The summed E-state index contributed by atoms with van der Waals surface area (Å²) in [5, 5.41) is 0. The Hall–Kier alpha value is 0.480. The van der Waals surface area contributed by atoms with Gasteiger partial charge in [-0.25, -0.2) is 0 Å². The Morgan fingerprint density at radius 2 is 1.50 bits per heavy atom. The number of hydrogen-bond acceptors (Lipinski definition) is 2. The van der Waals surface area contributed by atoms with Crippen molar-refractivity contribution in [1.82, 2.24) is 0 Å². The molecule has 0 N–H and O–H groups in total. The van der Waals surface area contributed by atoms with Crippen LogP contribution in [0.15, 0.2) is 0 Å². The summed E-state index contributed by atoms with van der Waals surface area (Å²) in [7, 11) is 0. The summed E-state index contributed by atoms with van der Waals surface area (Å²) in [4.78, 5) is 0. The van der Waals surface area contributed by atoms with Gasteiger partial charge in [-0.05, 0) is 24.1 Å². The molecule has 0 aliphatic carbocycles. The van der Waals surface area contributed by atoms with E-state index in [1.54, 1.807) is 0 Å². The molecule has 0 bridgehead atoms. The maximum Gasteiger partial charge on any atom is 0.290 e. The van der Waals surface area contributed by atoms with Gasteiger partial charge in [0.25, 0.3) is 6.72 Å². The summed E-state index contributed by atoms with van der Waals surface area (Å²) in [5.74, 6) is 0. The largest absolute Gasteiger partial charge is 0.318 e. The summed E-state index contributed by atoms with van der Waals surface area (Å²) >= 11 is 5.86. The normalized spacial score (nSPS) is 14.9. The van der Waals surface area contributed by atoms with Gasteiger partial charge in [0.15, 0.2) is 0 Å². The van der Waals surface area contributed by atoms with E-state index >= 15 is 0 Å². The zero-order valence-electron chi connectivity index (χ0n) is 10.7. The van der Waals surface area contributed by atoms with Gasteiger partial charge >= 0.3 is 0 Å². The van der Waals surface area contributed by atoms with Crippen LogP contribution in [-0.2, 0) is 9.09 Å². The quantitative estimate of drug-likeness (QED) is 0.360. The van der Waals surface area contributed by atoms with E-state index in [4.69, 9.17) is 15.8 Å². The molecule has 0 radical (unpaired) electrons. The highest BCUT2D eigenvalue weighted by Gasteiger charge is 2.17. The van der Waals surface area contributed by atoms with Gasteiger partial charge in [0.05, 0.1) is 6.61 Å².